The summed E-state index contributed by atoms with van der Waals surface area (Å²) in [7, 11) is 1.51. The molecule has 7 nitrogen and oxygen atoms in total. The summed E-state index contributed by atoms with van der Waals surface area (Å²) in [5.41, 5.74) is 1.27. The summed E-state index contributed by atoms with van der Waals surface area (Å²) in [6.45, 7) is 0. The fraction of sp³-hybridized carbons (Fsp3) is 0.167. The first-order valence-corrected chi connectivity index (χ1v) is 5.44. The molecule has 0 saturated carbocycles. The largest absolute Gasteiger partial charge is 0.495 e. The second-order valence-electron chi connectivity index (χ2n) is 3.64. The van der Waals surface area contributed by atoms with Crippen LogP contribution < -0.4 is 10.1 Å². The zero-order chi connectivity index (χ0) is 13.7. The number of ether oxygens (including phenoxy) is 1. The second-order valence-corrected chi connectivity index (χ2v) is 3.64. The van der Waals surface area contributed by atoms with Crippen molar-refractivity contribution in [3.63, 3.8) is 0 Å². The summed E-state index contributed by atoms with van der Waals surface area (Å²) in [6.07, 6.45) is 2.88. The Morgan fingerprint density at radius 3 is 2.84 bits per heavy atom. The zero-order valence-corrected chi connectivity index (χ0v) is 10.2. The van der Waals surface area contributed by atoms with Gasteiger partial charge in [-0.05, 0) is 18.2 Å². The van der Waals surface area contributed by atoms with Crippen LogP contribution in [0.1, 0.15) is 6.42 Å². The van der Waals surface area contributed by atoms with E-state index in [0.717, 1.165) is 5.69 Å². The smallest absolute Gasteiger partial charge is 0.238 e. The molecule has 0 aliphatic heterocycles. The maximum atomic E-state index is 11.5. The van der Waals surface area contributed by atoms with Gasteiger partial charge in [-0.15, -0.1) is 10.2 Å². The molecule has 1 aromatic carbocycles. The normalized spacial score (nSPS) is 9.68. The van der Waals surface area contributed by atoms with Crippen LogP contribution in [-0.4, -0.2) is 27.8 Å². The maximum absolute atomic E-state index is 11.5. The Hall–Kier alpha value is -2.88. The van der Waals surface area contributed by atoms with Crippen LogP contribution in [0, 0.1) is 11.3 Å². The fourth-order valence-electron chi connectivity index (χ4n) is 1.55. The van der Waals surface area contributed by atoms with E-state index in [4.69, 9.17) is 10.00 Å². The molecule has 0 radical (unpaired) electrons. The summed E-state index contributed by atoms with van der Waals surface area (Å²) in [5.74, 6) is 0.129. The number of hydrogen-bond donors (Lipinski definition) is 1. The van der Waals surface area contributed by atoms with Crippen molar-refractivity contribution in [3.8, 4) is 17.5 Å². The van der Waals surface area contributed by atoms with E-state index in [1.165, 1.54) is 7.11 Å². The molecule has 0 unspecified atom stereocenters. The number of aromatic nitrogens is 3. The number of amides is 1. The van der Waals surface area contributed by atoms with E-state index in [1.54, 1.807) is 35.4 Å². The molecule has 0 bridgehead atoms. The molecule has 1 N–H and O–H groups in total. The van der Waals surface area contributed by atoms with E-state index in [2.05, 4.69) is 15.5 Å². The number of hydrogen-bond acceptors (Lipinski definition) is 5. The quantitative estimate of drug-likeness (QED) is 0.886. The van der Waals surface area contributed by atoms with Gasteiger partial charge in [0.1, 0.15) is 24.8 Å². The monoisotopic (exact) mass is 257 g/mol. The van der Waals surface area contributed by atoms with Gasteiger partial charge in [0.25, 0.3) is 0 Å². The molecular formula is C12H11N5O2. The third-order valence-electron chi connectivity index (χ3n) is 2.41. The number of anilines is 1. The van der Waals surface area contributed by atoms with Gasteiger partial charge in [-0.2, -0.15) is 5.26 Å². The number of methoxy groups -OCH3 is 1. The predicted molar refractivity (Wildman–Crippen MR) is 66.8 cm³/mol. The molecule has 1 heterocycles. The van der Waals surface area contributed by atoms with Gasteiger partial charge in [0.05, 0.1) is 24.6 Å². The number of carbonyl (C=O) groups excluding carboxylic acids is 1. The van der Waals surface area contributed by atoms with Crippen LogP contribution in [-0.2, 0) is 4.79 Å². The third kappa shape index (κ3) is 2.87. The Balaban J connectivity index is 2.32. The minimum atomic E-state index is -0.387. The van der Waals surface area contributed by atoms with E-state index in [9.17, 15) is 4.79 Å². The Morgan fingerprint density at radius 2 is 2.21 bits per heavy atom. The number of rotatable bonds is 4. The van der Waals surface area contributed by atoms with Gasteiger partial charge in [-0.25, -0.2) is 0 Å². The molecule has 96 valence electrons. The van der Waals surface area contributed by atoms with Crippen LogP contribution in [0.5, 0.6) is 5.75 Å². The van der Waals surface area contributed by atoms with E-state index in [0.29, 0.717) is 11.4 Å². The maximum Gasteiger partial charge on any atom is 0.238 e. The van der Waals surface area contributed by atoms with Crippen LogP contribution >= 0.6 is 0 Å². The van der Waals surface area contributed by atoms with Gasteiger partial charge >= 0.3 is 0 Å². The zero-order valence-electron chi connectivity index (χ0n) is 10.2. The lowest BCUT2D eigenvalue weighted by Gasteiger charge is -2.11. The standard InChI is InChI=1S/C12H11N5O2/c1-19-11-3-2-9(17-7-14-15-8-17)6-10(11)16-12(18)4-5-13/h2-3,6-8H,4H2,1H3,(H,16,18). The van der Waals surface area contributed by atoms with Crippen molar-refractivity contribution in [1.82, 2.24) is 14.8 Å². The summed E-state index contributed by atoms with van der Waals surface area (Å²) in [4.78, 5) is 11.5. The first-order valence-electron chi connectivity index (χ1n) is 5.44. The van der Waals surface area contributed by atoms with Crippen molar-refractivity contribution in [1.29, 1.82) is 5.26 Å². The summed E-state index contributed by atoms with van der Waals surface area (Å²) < 4.78 is 6.85. The highest BCUT2D eigenvalue weighted by atomic mass is 16.5. The summed E-state index contributed by atoms with van der Waals surface area (Å²) >= 11 is 0. The lowest BCUT2D eigenvalue weighted by Crippen LogP contribution is -2.11. The number of nitrogens with zero attached hydrogens (tertiary/aromatic N) is 4. The number of carbonyl (C=O) groups is 1. The Kier molecular flexibility index (Phi) is 3.73. The second kappa shape index (κ2) is 5.64. The van der Waals surface area contributed by atoms with Gasteiger partial charge in [0.2, 0.25) is 5.91 Å². The molecule has 2 aromatic rings. The van der Waals surface area contributed by atoms with Crippen molar-refractivity contribution in [3.05, 3.63) is 30.9 Å². The highest BCUT2D eigenvalue weighted by Crippen LogP contribution is 2.27. The van der Waals surface area contributed by atoms with E-state index >= 15 is 0 Å². The van der Waals surface area contributed by atoms with Gasteiger partial charge in [-0.1, -0.05) is 0 Å². The molecule has 0 spiro atoms. The lowest BCUT2D eigenvalue weighted by molar-refractivity contribution is -0.115. The molecule has 7 heteroatoms. The van der Waals surface area contributed by atoms with Gasteiger partial charge in [0, 0.05) is 0 Å². The van der Waals surface area contributed by atoms with Crippen LogP contribution in [0.15, 0.2) is 30.9 Å². The molecule has 1 aromatic heterocycles. The molecule has 1 amide bonds. The van der Waals surface area contributed by atoms with E-state index < -0.39 is 0 Å². The van der Waals surface area contributed by atoms with Crippen molar-refractivity contribution < 1.29 is 9.53 Å². The van der Waals surface area contributed by atoms with E-state index in [1.807, 2.05) is 6.07 Å². The molecule has 0 aliphatic carbocycles. The van der Waals surface area contributed by atoms with Crippen molar-refractivity contribution in [2.24, 2.45) is 0 Å². The van der Waals surface area contributed by atoms with Crippen LogP contribution in [0.2, 0.25) is 0 Å². The molecule has 0 saturated heterocycles. The molecule has 2 rings (SSSR count). The molecule has 0 fully saturated rings. The van der Waals surface area contributed by atoms with Crippen LogP contribution in [0.3, 0.4) is 0 Å². The molecule has 0 aliphatic rings. The topological polar surface area (TPSA) is 92.8 Å². The number of nitrogens with one attached hydrogen (secondary N) is 1. The van der Waals surface area contributed by atoms with Gasteiger partial charge in [-0.3, -0.25) is 9.36 Å². The van der Waals surface area contributed by atoms with Crippen LogP contribution in [0.25, 0.3) is 5.69 Å². The minimum absolute atomic E-state index is 0.208. The Labute approximate surface area is 109 Å². The van der Waals surface area contributed by atoms with Gasteiger partial charge in [0.15, 0.2) is 0 Å². The average molecular weight is 257 g/mol. The first kappa shape index (κ1) is 12.6. The Morgan fingerprint density at radius 1 is 1.47 bits per heavy atom. The highest BCUT2D eigenvalue weighted by molar-refractivity contribution is 5.93. The molecular weight excluding hydrogens is 246 g/mol. The average Bonchev–Trinajstić information content (AvgIpc) is 2.93. The van der Waals surface area contributed by atoms with Crippen molar-refractivity contribution in [2.75, 3.05) is 12.4 Å². The van der Waals surface area contributed by atoms with Crippen molar-refractivity contribution in [2.45, 2.75) is 6.42 Å². The number of benzene rings is 1. The summed E-state index contributed by atoms with van der Waals surface area (Å²) in [5, 5.41) is 18.5. The van der Waals surface area contributed by atoms with E-state index in [-0.39, 0.29) is 12.3 Å². The predicted octanol–water partition coefficient (Wildman–Crippen LogP) is 1.13. The van der Waals surface area contributed by atoms with Crippen LogP contribution in [0.4, 0.5) is 5.69 Å². The highest BCUT2D eigenvalue weighted by Gasteiger charge is 2.09. The summed E-state index contributed by atoms with van der Waals surface area (Å²) in [6, 6.07) is 7.04. The number of nitriles is 1. The first-order chi connectivity index (χ1) is 9.24. The molecule has 19 heavy (non-hydrogen) atoms. The fourth-order valence-corrected chi connectivity index (χ4v) is 1.55. The Bertz CT molecular complexity index is 616. The lowest BCUT2D eigenvalue weighted by atomic mass is 10.2. The molecule has 0 atom stereocenters. The SMILES string of the molecule is COc1ccc(-n2cnnc2)cc1NC(=O)CC#N. The minimum Gasteiger partial charge on any atom is -0.495 e. The van der Waals surface area contributed by atoms with Crippen molar-refractivity contribution >= 4 is 11.6 Å². The third-order valence-corrected chi connectivity index (χ3v) is 2.41. The van der Waals surface area contributed by atoms with Gasteiger partial charge < -0.3 is 10.1 Å².